The Kier molecular flexibility index (Phi) is 9.27. The molecule has 6 heteroatoms. The highest BCUT2D eigenvalue weighted by Crippen LogP contribution is 2.29. The molecule has 3 aliphatic rings. The van der Waals surface area contributed by atoms with Gasteiger partial charge in [-0.25, -0.2) is 0 Å². The van der Waals surface area contributed by atoms with Crippen LogP contribution in [0.3, 0.4) is 0 Å². The first-order valence-electron chi connectivity index (χ1n) is 10.1. The van der Waals surface area contributed by atoms with Crippen LogP contribution in [0, 0.1) is 11.8 Å². The van der Waals surface area contributed by atoms with Crippen LogP contribution in [0.4, 0.5) is 0 Å². The maximum Gasteiger partial charge on any atom is 0.193 e. The molecule has 3 fully saturated rings. The van der Waals surface area contributed by atoms with Crippen molar-refractivity contribution in [2.75, 3.05) is 52.5 Å². The van der Waals surface area contributed by atoms with Gasteiger partial charge in [0.05, 0.1) is 13.2 Å². The van der Waals surface area contributed by atoms with E-state index in [1.54, 1.807) is 0 Å². The van der Waals surface area contributed by atoms with Crippen molar-refractivity contribution in [1.82, 2.24) is 15.1 Å². The molecular weight excluding hydrogens is 427 g/mol. The van der Waals surface area contributed by atoms with Crippen LogP contribution in [-0.2, 0) is 4.74 Å². The molecular formula is C19H37IN4O. The van der Waals surface area contributed by atoms with Gasteiger partial charge in [0.1, 0.15) is 0 Å². The van der Waals surface area contributed by atoms with E-state index in [2.05, 4.69) is 29.0 Å². The third-order valence-corrected chi connectivity index (χ3v) is 6.12. The summed E-state index contributed by atoms with van der Waals surface area (Å²) >= 11 is 0. The number of rotatable bonds is 4. The van der Waals surface area contributed by atoms with Gasteiger partial charge in [-0.15, -0.1) is 24.0 Å². The molecule has 2 saturated heterocycles. The molecule has 1 aliphatic carbocycles. The number of guanidine groups is 1. The molecule has 3 atom stereocenters. The summed E-state index contributed by atoms with van der Waals surface area (Å²) in [5.74, 6) is 2.76. The van der Waals surface area contributed by atoms with Crippen molar-refractivity contribution in [3.63, 3.8) is 0 Å². The molecule has 2 heterocycles. The average molecular weight is 464 g/mol. The van der Waals surface area contributed by atoms with Crippen LogP contribution in [0.25, 0.3) is 0 Å². The summed E-state index contributed by atoms with van der Waals surface area (Å²) in [6.07, 6.45) is 6.81. The summed E-state index contributed by atoms with van der Waals surface area (Å²) in [7, 11) is 0. The number of nitrogens with one attached hydrogen (secondary N) is 1. The molecule has 0 amide bonds. The van der Waals surface area contributed by atoms with Gasteiger partial charge in [0.15, 0.2) is 5.96 Å². The Morgan fingerprint density at radius 1 is 1.12 bits per heavy atom. The number of halogens is 1. The van der Waals surface area contributed by atoms with Gasteiger partial charge in [0, 0.05) is 45.3 Å². The summed E-state index contributed by atoms with van der Waals surface area (Å²) in [6, 6.07) is 0.673. The topological polar surface area (TPSA) is 40.1 Å². The van der Waals surface area contributed by atoms with E-state index in [9.17, 15) is 0 Å². The Morgan fingerprint density at radius 2 is 1.88 bits per heavy atom. The first-order chi connectivity index (χ1) is 11.8. The second kappa shape index (κ2) is 10.9. The molecule has 5 nitrogen and oxygen atoms in total. The zero-order valence-electron chi connectivity index (χ0n) is 16.1. The van der Waals surface area contributed by atoms with Crippen molar-refractivity contribution in [3.05, 3.63) is 0 Å². The molecule has 0 aromatic rings. The summed E-state index contributed by atoms with van der Waals surface area (Å²) in [5, 5.41) is 3.54. The number of hydrogen-bond acceptors (Lipinski definition) is 3. The molecule has 0 aromatic heterocycles. The van der Waals surface area contributed by atoms with Gasteiger partial charge in [-0.2, -0.15) is 0 Å². The molecule has 2 aliphatic heterocycles. The Bertz CT molecular complexity index is 414. The number of likely N-dealkylation sites (tertiary alicyclic amines) is 1. The summed E-state index contributed by atoms with van der Waals surface area (Å²) in [5.41, 5.74) is 0. The molecule has 3 unspecified atom stereocenters. The lowest BCUT2D eigenvalue weighted by Crippen LogP contribution is -2.46. The lowest BCUT2D eigenvalue weighted by molar-refractivity contribution is 0.0195. The van der Waals surface area contributed by atoms with E-state index in [4.69, 9.17) is 9.73 Å². The second-order valence-corrected chi connectivity index (χ2v) is 7.75. The highest BCUT2D eigenvalue weighted by molar-refractivity contribution is 14.0. The van der Waals surface area contributed by atoms with Crippen LogP contribution >= 0.6 is 24.0 Å². The predicted molar refractivity (Wildman–Crippen MR) is 115 cm³/mol. The number of hydrogen-bond donors (Lipinski definition) is 1. The second-order valence-electron chi connectivity index (χ2n) is 7.75. The van der Waals surface area contributed by atoms with Crippen LogP contribution in [0.5, 0.6) is 0 Å². The lowest BCUT2D eigenvalue weighted by atomic mass is 9.80. The van der Waals surface area contributed by atoms with Gasteiger partial charge in [-0.1, -0.05) is 26.2 Å². The quantitative estimate of drug-likeness (QED) is 0.395. The van der Waals surface area contributed by atoms with Crippen LogP contribution in [-0.4, -0.2) is 74.3 Å². The van der Waals surface area contributed by atoms with E-state index in [1.807, 2.05) is 0 Å². The number of morpholine rings is 1. The number of nitrogens with zero attached hydrogens (tertiary/aromatic N) is 3. The lowest BCUT2D eigenvalue weighted by Gasteiger charge is -2.32. The molecule has 146 valence electrons. The fourth-order valence-electron chi connectivity index (χ4n) is 4.47. The maximum absolute atomic E-state index is 5.50. The van der Waals surface area contributed by atoms with E-state index in [0.29, 0.717) is 6.04 Å². The first-order valence-corrected chi connectivity index (χ1v) is 10.1. The van der Waals surface area contributed by atoms with Gasteiger partial charge in [0.25, 0.3) is 0 Å². The molecule has 3 rings (SSSR count). The van der Waals surface area contributed by atoms with E-state index >= 15 is 0 Å². The standard InChI is InChI=1S/C19H36N4O.HI/c1-3-20-19(21-14-17-7-5-4-6-16(17)2)23-9-8-18(15-23)22-10-12-24-13-11-22;/h16-18H,3-15H2,1-2H3,(H,20,21);1H. The molecule has 0 bridgehead atoms. The minimum absolute atomic E-state index is 0. The number of aliphatic imine (C=N–C) groups is 1. The fourth-order valence-corrected chi connectivity index (χ4v) is 4.47. The van der Waals surface area contributed by atoms with Crippen LogP contribution < -0.4 is 5.32 Å². The average Bonchev–Trinajstić information content (AvgIpc) is 3.10. The molecule has 0 aromatic carbocycles. The van der Waals surface area contributed by atoms with Gasteiger partial charge in [0.2, 0.25) is 0 Å². The van der Waals surface area contributed by atoms with Crippen molar-refractivity contribution >= 4 is 29.9 Å². The normalized spacial score (nSPS) is 31.7. The van der Waals surface area contributed by atoms with Crippen molar-refractivity contribution in [2.45, 2.75) is 52.0 Å². The molecule has 1 N–H and O–H groups in total. The van der Waals surface area contributed by atoms with Crippen molar-refractivity contribution in [2.24, 2.45) is 16.8 Å². The first kappa shape index (κ1) is 21.2. The predicted octanol–water partition coefficient (Wildman–Crippen LogP) is 2.80. The van der Waals surface area contributed by atoms with Gasteiger partial charge in [-0.3, -0.25) is 9.89 Å². The third kappa shape index (κ3) is 5.96. The third-order valence-electron chi connectivity index (χ3n) is 6.12. The Morgan fingerprint density at radius 3 is 2.60 bits per heavy atom. The zero-order chi connectivity index (χ0) is 16.8. The van der Waals surface area contributed by atoms with Gasteiger partial charge >= 0.3 is 0 Å². The molecule has 1 saturated carbocycles. The zero-order valence-corrected chi connectivity index (χ0v) is 18.4. The summed E-state index contributed by atoms with van der Waals surface area (Å²) in [6.45, 7) is 12.8. The monoisotopic (exact) mass is 464 g/mol. The SMILES string of the molecule is CCNC(=NCC1CCCCC1C)N1CCC(N2CCOCC2)C1.I. The fraction of sp³-hybridized carbons (Fsp3) is 0.947. The Hall–Kier alpha value is -0.0800. The van der Waals surface area contributed by atoms with Gasteiger partial charge in [-0.05, 0) is 31.6 Å². The smallest absolute Gasteiger partial charge is 0.193 e. The molecule has 0 radical (unpaired) electrons. The Balaban J connectivity index is 0.00000225. The molecule has 0 spiro atoms. The van der Waals surface area contributed by atoms with E-state index < -0.39 is 0 Å². The van der Waals surface area contributed by atoms with Gasteiger partial charge < -0.3 is 15.0 Å². The highest BCUT2D eigenvalue weighted by atomic mass is 127. The van der Waals surface area contributed by atoms with E-state index in [0.717, 1.165) is 70.3 Å². The van der Waals surface area contributed by atoms with E-state index in [1.165, 1.54) is 32.1 Å². The van der Waals surface area contributed by atoms with Crippen LogP contribution in [0.2, 0.25) is 0 Å². The van der Waals surface area contributed by atoms with Crippen LogP contribution in [0.1, 0.15) is 46.0 Å². The molecule has 25 heavy (non-hydrogen) atoms. The minimum Gasteiger partial charge on any atom is -0.379 e. The Labute approximate surface area is 171 Å². The summed E-state index contributed by atoms with van der Waals surface area (Å²) in [4.78, 5) is 10.1. The van der Waals surface area contributed by atoms with Crippen LogP contribution in [0.15, 0.2) is 4.99 Å². The largest absolute Gasteiger partial charge is 0.379 e. The van der Waals surface area contributed by atoms with Crippen molar-refractivity contribution in [1.29, 1.82) is 0 Å². The maximum atomic E-state index is 5.50. The van der Waals surface area contributed by atoms with Crippen molar-refractivity contribution in [3.8, 4) is 0 Å². The van der Waals surface area contributed by atoms with E-state index in [-0.39, 0.29) is 24.0 Å². The minimum atomic E-state index is 0. The number of ether oxygens (including phenoxy) is 1. The highest BCUT2D eigenvalue weighted by Gasteiger charge is 2.30. The van der Waals surface area contributed by atoms with Crippen molar-refractivity contribution < 1.29 is 4.74 Å². The summed E-state index contributed by atoms with van der Waals surface area (Å²) < 4.78 is 5.50.